The van der Waals surface area contributed by atoms with Crippen LogP contribution in [0.1, 0.15) is 63.0 Å². The molecular formula is C40H42O7. The van der Waals surface area contributed by atoms with E-state index in [1.165, 1.54) is 50.3 Å². The lowest BCUT2D eigenvalue weighted by Gasteiger charge is -2.24. The molecule has 244 valence electrons. The lowest BCUT2D eigenvalue weighted by Crippen LogP contribution is -2.41. The van der Waals surface area contributed by atoms with Crippen LogP contribution in [0.4, 0.5) is 0 Å². The van der Waals surface area contributed by atoms with E-state index in [1.807, 2.05) is 42.5 Å². The molecule has 0 heterocycles. The molecule has 0 spiro atoms. The molecule has 0 radical (unpaired) electrons. The molecule has 0 saturated heterocycles. The zero-order valence-corrected chi connectivity index (χ0v) is 27.3. The predicted octanol–water partition coefficient (Wildman–Crippen LogP) is 8.81. The number of methoxy groups -OCH3 is 1. The van der Waals surface area contributed by atoms with E-state index in [-0.39, 0.29) is 30.3 Å². The first kappa shape index (κ1) is 33.3. The molecule has 0 amide bonds. The Kier molecular flexibility index (Phi) is 11.0. The first-order valence-electron chi connectivity index (χ1n) is 16.1. The molecule has 4 aromatic rings. The summed E-state index contributed by atoms with van der Waals surface area (Å²) in [6.07, 6.45) is 6.60. The number of benzene rings is 4. The van der Waals surface area contributed by atoms with Crippen LogP contribution in [0.3, 0.4) is 0 Å². The van der Waals surface area contributed by atoms with Crippen LogP contribution in [-0.2, 0) is 14.3 Å². The van der Waals surface area contributed by atoms with Crippen molar-refractivity contribution in [3.8, 4) is 34.1 Å². The zero-order chi connectivity index (χ0) is 33.2. The molecular weight excluding hydrogens is 592 g/mol. The Bertz CT molecular complexity index is 1650. The van der Waals surface area contributed by atoms with Crippen LogP contribution in [0, 0.1) is 0 Å². The summed E-state index contributed by atoms with van der Waals surface area (Å²) in [5.74, 6) is 1.17. The van der Waals surface area contributed by atoms with Gasteiger partial charge in [-0.3, -0.25) is 0 Å². The van der Waals surface area contributed by atoms with E-state index < -0.39 is 17.5 Å². The van der Waals surface area contributed by atoms with Crippen molar-refractivity contribution in [2.45, 2.75) is 57.5 Å². The Balaban J connectivity index is 1.08. The van der Waals surface area contributed by atoms with Crippen LogP contribution in [-0.4, -0.2) is 37.9 Å². The minimum Gasteiger partial charge on any atom is -0.493 e. The Morgan fingerprint density at radius 2 is 1.43 bits per heavy atom. The van der Waals surface area contributed by atoms with E-state index >= 15 is 0 Å². The van der Waals surface area contributed by atoms with Crippen molar-refractivity contribution in [2.75, 3.05) is 20.3 Å². The van der Waals surface area contributed by atoms with Crippen molar-refractivity contribution in [2.24, 2.45) is 0 Å². The van der Waals surface area contributed by atoms with Gasteiger partial charge in [-0.05, 0) is 91.3 Å². The third kappa shape index (κ3) is 8.82. The van der Waals surface area contributed by atoms with Gasteiger partial charge in [-0.1, -0.05) is 86.5 Å². The number of hydrogen-bond acceptors (Lipinski definition) is 7. The van der Waals surface area contributed by atoms with Crippen molar-refractivity contribution >= 4 is 17.5 Å². The molecule has 7 heteroatoms. The van der Waals surface area contributed by atoms with Crippen LogP contribution >= 0.6 is 0 Å². The first-order valence-corrected chi connectivity index (χ1v) is 16.1. The predicted molar refractivity (Wildman–Crippen MR) is 183 cm³/mol. The summed E-state index contributed by atoms with van der Waals surface area (Å²) in [7, 11) is 1.45. The quantitative estimate of drug-likeness (QED) is 0.0629. The van der Waals surface area contributed by atoms with Crippen molar-refractivity contribution < 1.29 is 33.3 Å². The van der Waals surface area contributed by atoms with Crippen molar-refractivity contribution in [3.63, 3.8) is 0 Å². The van der Waals surface area contributed by atoms with Crippen molar-refractivity contribution in [1.82, 2.24) is 0 Å². The lowest BCUT2D eigenvalue weighted by molar-refractivity contribution is -0.149. The minimum absolute atomic E-state index is 0.0472. The molecule has 5 rings (SSSR count). The van der Waals surface area contributed by atoms with Gasteiger partial charge in [0.25, 0.3) is 0 Å². The maximum Gasteiger partial charge on any atom is 0.355 e. The van der Waals surface area contributed by atoms with Gasteiger partial charge in [0.2, 0.25) is 5.60 Å². The number of hydrogen-bond donors (Lipinski definition) is 0. The van der Waals surface area contributed by atoms with Crippen LogP contribution < -0.4 is 18.9 Å². The van der Waals surface area contributed by atoms with Crippen LogP contribution in [0.2, 0.25) is 0 Å². The minimum atomic E-state index is -1.26. The molecule has 0 aromatic heterocycles. The smallest absolute Gasteiger partial charge is 0.355 e. The normalized spacial score (nSPS) is 13.3. The molecule has 0 bridgehead atoms. The third-order valence-corrected chi connectivity index (χ3v) is 8.33. The highest BCUT2D eigenvalue weighted by molar-refractivity contribution is 6.15. The SMILES string of the molecule is C=C(C(=O)OCCOc1ccc(-c2ccc(C3CCCCC3)cc2)cc1)c1ccc(OC(=O)C(C)(C)Oc2ccccc2)c(OC)c1. The fourth-order valence-electron chi connectivity index (χ4n) is 5.61. The molecule has 4 aromatic carbocycles. The van der Waals surface area contributed by atoms with E-state index in [0.29, 0.717) is 23.0 Å². The fourth-order valence-corrected chi connectivity index (χ4v) is 5.61. The van der Waals surface area contributed by atoms with E-state index in [9.17, 15) is 9.59 Å². The van der Waals surface area contributed by atoms with E-state index in [4.69, 9.17) is 23.7 Å². The summed E-state index contributed by atoms with van der Waals surface area (Å²) < 4.78 is 28.0. The monoisotopic (exact) mass is 634 g/mol. The molecule has 1 aliphatic rings. The molecule has 1 fully saturated rings. The zero-order valence-electron chi connectivity index (χ0n) is 27.3. The summed E-state index contributed by atoms with van der Waals surface area (Å²) >= 11 is 0. The molecule has 7 nitrogen and oxygen atoms in total. The Labute approximate surface area is 277 Å². The Hall–Kier alpha value is -5.04. The summed E-state index contributed by atoms with van der Waals surface area (Å²) in [5, 5.41) is 0. The largest absolute Gasteiger partial charge is 0.493 e. The van der Waals surface area contributed by atoms with Gasteiger partial charge >= 0.3 is 11.9 Å². The van der Waals surface area contributed by atoms with Gasteiger partial charge in [0, 0.05) is 0 Å². The van der Waals surface area contributed by atoms with Crippen molar-refractivity contribution in [3.05, 3.63) is 115 Å². The number of carbonyl (C=O) groups excluding carboxylic acids is 2. The molecule has 0 N–H and O–H groups in total. The number of esters is 2. The number of para-hydroxylation sites is 1. The van der Waals surface area contributed by atoms with Crippen LogP contribution in [0.15, 0.2) is 104 Å². The third-order valence-electron chi connectivity index (χ3n) is 8.33. The van der Waals surface area contributed by atoms with Gasteiger partial charge in [0.1, 0.15) is 24.7 Å². The Morgan fingerprint density at radius 3 is 2.09 bits per heavy atom. The maximum absolute atomic E-state index is 12.9. The van der Waals surface area contributed by atoms with E-state index in [0.717, 1.165) is 5.56 Å². The van der Waals surface area contributed by atoms with Gasteiger partial charge in [0.15, 0.2) is 11.5 Å². The maximum atomic E-state index is 12.9. The van der Waals surface area contributed by atoms with Gasteiger partial charge < -0.3 is 23.7 Å². The van der Waals surface area contributed by atoms with E-state index in [2.05, 4.69) is 30.8 Å². The second kappa shape index (κ2) is 15.5. The van der Waals surface area contributed by atoms with Crippen LogP contribution in [0.5, 0.6) is 23.0 Å². The van der Waals surface area contributed by atoms with Crippen LogP contribution in [0.25, 0.3) is 16.7 Å². The number of rotatable bonds is 13. The second-order valence-corrected chi connectivity index (χ2v) is 12.1. The molecule has 0 atom stereocenters. The summed E-state index contributed by atoms with van der Waals surface area (Å²) in [6, 6.07) is 30.6. The molecule has 0 aliphatic heterocycles. The lowest BCUT2D eigenvalue weighted by atomic mass is 9.84. The van der Waals surface area contributed by atoms with Gasteiger partial charge in [0.05, 0.1) is 12.7 Å². The topological polar surface area (TPSA) is 80.3 Å². The van der Waals surface area contributed by atoms with Gasteiger partial charge in [-0.25, -0.2) is 9.59 Å². The average molecular weight is 635 g/mol. The average Bonchev–Trinajstić information content (AvgIpc) is 3.11. The highest BCUT2D eigenvalue weighted by Crippen LogP contribution is 2.34. The highest BCUT2D eigenvalue weighted by Gasteiger charge is 2.33. The van der Waals surface area contributed by atoms with Crippen molar-refractivity contribution in [1.29, 1.82) is 0 Å². The highest BCUT2D eigenvalue weighted by atomic mass is 16.6. The Morgan fingerprint density at radius 1 is 0.766 bits per heavy atom. The molecule has 1 aliphatic carbocycles. The summed E-state index contributed by atoms with van der Waals surface area (Å²) in [4.78, 5) is 25.6. The standard InChI is InChI=1S/C40H42O7/c1-28(33-21-24-36(37(27-33)43-4)46-39(42)40(2,3)47-35-13-9-6-10-14-35)38(41)45-26-25-44-34-22-19-32(20-23-34)31-17-15-30(16-18-31)29-11-7-5-8-12-29/h6,9-10,13-24,27,29H,1,5,7-8,11-12,25-26H2,2-4H3. The number of ether oxygens (including phenoxy) is 5. The van der Waals surface area contributed by atoms with Gasteiger partial charge in [-0.2, -0.15) is 0 Å². The molecule has 1 saturated carbocycles. The first-order chi connectivity index (χ1) is 22.7. The molecule has 47 heavy (non-hydrogen) atoms. The fraction of sp³-hybridized carbons (Fsp3) is 0.300. The summed E-state index contributed by atoms with van der Waals surface area (Å²) in [5.41, 5.74) is 3.07. The number of carbonyl (C=O) groups is 2. The second-order valence-electron chi connectivity index (χ2n) is 12.1. The summed E-state index contributed by atoms with van der Waals surface area (Å²) in [6.45, 7) is 7.36. The van der Waals surface area contributed by atoms with Gasteiger partial charge in [-0.15, -0.1) is 0 Å². The molecule has 0 unspecified atom stereocenters. The van der Waals surface area contributed by atoms with E-state index in [1.54, 1.807) is 44.2 Å².